The number of hydrogen-bond acceptors (Lipinski definition) is 6. The predicted octanol–water partition coefficient (Wildman–Crippen LogP) is -0.922. The Hall–Kier alpha value is -1.42. The molecule has 0 amide bonds. The van der Waals surface area contributed by atoms with Gasteiger partial charge in [-0.05, 0) is 29.8 Å². The first-order valence-electron chi connectivity index (χ1n) is 7.90. The highest BCUT2D eigenvalue weighted by Crippen LogP contribution is 2.38. The molecular formula is C17H16INO7S3+2. The Labute approximate surface area is 185 Å². The van der Waals surface area contributed by atoms with Crippen molar-refractivity contribution >= 4 is 48.7 Å². The smallest absolute Gasteiger partial charge is 0.301 e. The largest absolute Gasteiger partial charge is 0.420 e. The molecule has 0 aliphatic rings. The van der Waals surface area contributed by atoms with E-state index < -0.39 is 30.0 Å². The molecule has 12 heteroatoms. The van der Waals surface area contributed by atoms with E-state index in [1.807, 2.05) is 46.9 Å². The summed E-state index contributed by atoms with van der Waals surface area (Å²) >= 11 is 2.89. The van der Waals surface area contributed by atoms with E-state index in [-0.39, 0.29) is 22.2 Å². The van der Waals surface area contributed by atoms with E-state index >= 15 is 0 Å². The van der Waals surface area contributed by atoms with E-state index in [0.717, 1.165) is 39.1 Å². The van der Waals surface area contributed by atoms with Gasteiger partial charge in [0.25, 0.3) is 32.7 Å². The summed E-state index contributed by atoms with van der Waals surface area (Å²) < 4.78 is 72.6. The Kier molecular flexibility index (Phi) is 6.43. The van der Waals surface area contributed by atoms with Gasteiger partial charge in [0.05, 0.1) is 16.9 Å². The Balaban J connectivity index is 2.17. The highest BCUT2D eigenvalue weighted by Gasteiger charge is 2.25. The second-order valence-electron chi connectivity index (χ2n) is 5.98. The maximum Gasteiger partial charge on any atom is 0.301 e. The van der Waals surface area contributed by atoms with Crippen molar-refractivity contribution in [1.29, 1.82) is 0 Å². The van der Waals surface area contributed by atoms with E-state index in [2.05, 4.69) is 5.73 Å². The first-order chi connectivity index (χ1) is 13.5. The molecule has 0 bridgehead atoms. The Morgan fingerprint density at radius 3 is 2.14 bits per heavy atom. The lowest BCUT2D eigenvalue weighted by atomic mass is 10.1. The fourth-order valence-electron chi connectivity index (χ4n) is 2.65. The lowest BCUT2D eigenvalue weighted by molar-refractivity contribution is -0.386. The topological polar surface area (TPSA) is 146 Å². The molecule has 3 rings (SSSR count). The van der Waals surface area contributed by atoms with Crippen molar-refractivity contribution in [2.45, 2.75) is 19.1 Å². The lowest BCUT2D eigenvalue weighted by Gasteiger charge is -2.12. The SMILES string of the molecule is [NH3+]c1ccc2c(OSc3ccc(C[IH+])cc3)cc(S(=O)(=O)O)cc2c1S(=O)(=O)O. The minimum atomic E-state index is -4.71. The number of halogens is 1. The summed E-state index contributed by atoms with van der Waals surface area (Å²) in [4.78, 5) is -0.390. The Bertz CT molecular complexity index is 1290. The molecule has 0 aliphatic heterocycles. The van der Waals surface area contributed by atoms with E-state index in [1.165, 1.54) is 12.1 Å². The molecule has 0 saturated carbocycles. The first kappa shape index (κ1) is 22.3. The van der Waals surface area contributed by atoms with Crippen LogP contribution in [0, 0.1) is 0 Å². The van der Waals surface area contributed by atoms with Crippen molar-refractivity contribution in [3.05, 3.63) is 54.1 Å². The molecule has 5 N–H and O–H groups in total. The maximum absolute atomic E-state index is 11.8. The molecular weight excluding hydrogens is 553 g/mol. The van der Waals surface area contributed by atoms with Gasteiger partial charge in [0, 0.05) is 27.8 Å². The zero-order chi connectivity index (χ0) is 21.4. The van der Waals surface area contributed by atoms with Gasteiger partial charge in [-0.3, -0.25) is 9.11 Å². The van der Waals surface area contributed by atoms with E-state index in [0.29, 0.717) is 0 Å². The molecule has 0 radical (unpaired) electrons. The van der Waals surface area contributed by atoms with Gasteiger partial charge < -0.3 is 9.92 Å². The third-order valence-corrected chi connectivity index (χ3v) is 7.48. The van der Waals surface area contributed by atoms with Crippen LogP contribution in [0.5, 0.6) is 5.75 Å². The monoisotopic (exact) mass is 569 g/mol. The highest BCUT2D eigenvalue weighted by atomic mass is 127. The molecule has 3 aromatic rings. The van der Waals surface area contributed by atoms with Crippen molar-refractivity contribution < 1.29 is 58.4 Å². The molecule has 154 valence electrons. The molecule has 0 atom stereocenters. The van der Waals surface area contributed by atoms with Crippen molar-refractivity contribution in [2.24, 2.45) is 0 Å². The number of alkyl halides is 1. The quantitative estimate of drug-likeness (QED) is 0.150. The van der Waals surface area contributed by atoms with Crippen LogP contribution in [0.2, 0.25) is 0 Å². The number of fused-ring (bicyclic) bond motifs is 1. The zero-order valence-electron chi connectivity index (χ0n) is 14.6. The summed E-state index contributed by atoms with van der Waals surface area (Å²) in [5.41, 5.74) is 4.68. The second-order valence-corrected chi connectivity index (χ2v) is 10.4. The van der Waals surface area contributed by atoms with Crippen LogP contribution in [0.4, 0.5) is 5.69 Å². The van der Waals surface area contributed by atoms with Crippen molar-refractivity contribution in [3.8, 4) is 5.75 Å². The van der Waals surface area contributed by atoms with Crippen LogP contribution in [0.15, 0.2) is 63.2 Å². The van der Waals surface area contributed by atoms with Crippen molar-refractivity contribution in [3.63, 3.8) is 0 Å². The molecule has 0 fully saturated rings. The maximum atomic E-state index is 11.8. The molecule has 3 aromatic carbocycles. The van der Waals surface area contributed by atoms with Crippen LogP contribution in [0.3, 0.4) is 0 Å². The molecule has 0 unspecified atom stereocenters. The van der Waals surface area contributed by atoms with Crippen molar-refractivity contribution in [2.75, 3.05) is 0 Å². The molecule has 0 spiro atoms. The van der Waals surface area contributed by atoms with Crippen LogP contribution < -0.4 is 32.5 Å². The third-order valence-electron chi connectivity index (χ3n) is 3.98. The number of quaternary nitrogens is 1. The summed E-state index contributed by atoms with van der Waals surface area (Å²) in [6.07, 6.45) is 0. The number of rotatable bonds is 6. The van der Waals surface area contributed by atoms with Gasteiger partial charge in [0.15, 0.2) is 9.32 Å². The van der Waals surface area contributed by atoms with Gasteiger partial charge in [-0.25, -0.2) is 0 Å². The lowest BCUT2D eigenvalue weighted by Crippen LogP contribution is -3.33. The average molecular weight is 569 g/mol. The van der Waals surface area contributed by atoms with Gasteiger partial charge in [-0.1, -0.05) is 12.1 Å². The molecule has 29 heavy (non-hydrogen) atoms. The molecule has 8 nitrogen and oxygen atoms in total. The van der Waals surface area contributed by atoms with Crippen LogP contribution in [-0.4, -0.2) is 25.9 Å². The normalized spacial score (nSPS) is 12.3. The van der Waals surface area contributed by atoms with E-state index in [4.69, 9.17) is 4.18 Å². The molecule has 0 heterocycles. The summed E-state index contributed by atoms with van der Waals surface area (Å²) in [6.45, 7) is 0. The Morgan fingerprint density at radius 2 is 1.59 bits per heavy atom. The van der Waals surface area contributed by atoms with Crippen LogP contribution >= 0.6 is 12.0 Å². The van der Waals surface area contributed by atoms with E-state index in [9.17, 15) is 25.9 Å². The first-order valence-corrected chi connectivity index (χ1v) is 13.2. The van der Waals surface area contributed by atoms with Gasteiger partial charge in [0.1, 0.15) is 11.4 Å². The van der Waals surface area contributed by atoms with Crippen LogP contribution in [-0.2, 0) is 24.7 Å². The van der Waals surface area contributed by atoms with Gasteiger partial charge >= 0.3 is 10.1 Å². The van der Waals surface area contributed by atoms with Crippen LogP contribution in [0.1, 0.15) is 5.56 Å². The van der Waals surface area contributed by atoms with Gasteiger partial charge in [-0.2, -0.15) is 16.8 Å². The predicted molar refractivity (Wildman–Crippen MR) is 104 cm³/mol. The van der Waals surface area contributed by atoms with Crippen molar-refractivity contribution in [1.82, 2.24) is 0 Å². The highest BCUT2D eigenvalue weighted by molar-refractivity contribution is 7.95. The molecule has 0 saturated heterocycles. The van der Waals surface area contributed by atoms with Crippen LogP contribution in [0.25, 0.3) is 10.8 Å². The minimum absolute atomic E-state index is 0.00475. The summed E-state index contributed by atoms with van der Waals surface area (Å²) in [5, 5.41) is 0.1000. The van der Waals surface area contributed by atoms with Gasteiger partial charge in [0.2, 0.25) is 0 Å². The number of hydrogen-bond donors (Lipinski definition) is 3. The second kappa shape index (κ2) is 8.37. The standard InChI is InChI=1S/C17H14INO7S3/c18-9-10-1-3-11(4-2-10)27-26-16-8-12(28(20,21)22)7-14-13(16)5-6-15(19)17(14)29(23,24)25/h1-8,18H,9,19H2,(H-,20,21,22,23,24,25)/p+2. The van der Waals surface area contributed by atoms with E-state index in [1.54, 1.807) is 0 Å². The third kappa shape index (κ3) is 5.02. The molecule has 0 aromatic heterocycles. The summed E-state index contributed by atoms with van der Waals surface area (Å²) in [6, 6.07) is 12.4. The minimum Gasteiger partial charge on any atom is -0.420 e. The number of benzene rings is 3. The zero-order valence-corrected chi connectivity index (χ0v) is 19.4. The Morgan fingerprint density at radius 1 is 0.931 bits per heavy atom. The molecule has 0 aliphatic carbocycles. The average Bonchev–Trinajstić information content (AvgIpc) is 2.64. The fraction of sp³-hybridized carbons (Fsp3) is 0.0588. The fourth-order valence-corrected chi connectivity index (χ4v) is 5.14. The summed E-state index contributed by atoms with van der Waals surface area (Å²) in [7, 11) is -9.38. The summed E-state index contributed by atoms with van der Waals surface area (Å²) in [5.74, 6) is 0.00475. The van der Waals surface area contributed by atoms with Gasteiger partial charge in [-0.15, -0.1) is 0 Å².